The van der Waals surface area contributed by atoms with Gasteiger partial charge in [0.2, 0.25) is 0 Å². The number of aromatic nitrogens is 1. The third kappa shape index (κ3) is 3.63. The highest BCUT2D eigenvalue weighted by atomic mass is 79.9. The van der Waals surface area contributed by atoms with Crippen molar-refractivity contribution in [2.75, 3.05) is 19.0 Å². The molecule has 0 aliphatic rings. The maximum absolute atomic E-state index is 12.8. The van der Waals surface area contributed by atoms with Crippen molar-refractivity contribution in [1.29, 1.82) is 0 Å². The van der Waals surface area contributed by atoms with Crippen LogP contribution in [0.2, 0.25) is 5.02 Å². The summed E-state index contributed by atoms with van der Waals surface area (Å²) in [6.07, 6.45) is 1.74. The Bertz CT molecular complexity index is 1090. The fourth-order valence-corrected chi connectivity index (χ4v) is 4.44. The largest absolute Gasteiger partial charge is 0.492 e. The third-order valence-electron chi connectivity index (χ3n) is 4.14. The predicted molar refractivity (Wildman–Crippen MR) is 113 cm³/mol. The summed E-state index contributed by atoms with van der Waals surface area (Å²) in [5, 5.41) is 1.60. The number of carbonyl (C=O) groups is 1. The van der Waals surface area contributed by atoms with Crippen molar-refractivity contribution in [2.45, 2.75) is 6.92 Å². The van der Waals surface area contributed by atoms with Crippen molar-refractivity contribution in [3.63, 3.8) is 0 Å². The fraction of sp³-hybridized carbons (Fsp3) is 0.263. The molecule has 2 heterocycles. The van der Waals surface area contributed by atoms with Gasteiger partial charge < -0.3 is 14.0 Å². The van der Waals surface area contributed by atoms with Crippen LogP contribution in [0.4, 0.5) is 0 Å². The molecule has 0 aliphatic heterocycles. The topological polar surface area (TPSA) is 57.5 Å². The number of nitrogens with zero attached hydrogens (tertiary/aromatic N) is 1. The number of ether oxygens (including phenoxy) is 2. The Morgan fingerprint density at radius 1 is 1.33 bits per heavy atom. The molecule has 0 fully saturated rings. The molecule has 0 N–H and O–H groups in total. The van der Waals surface area contributed by atoms with Gasteiger partial charge in [0.05, 0.1) is 29.4 Å². The van der Waals surface area contributed by atoms with Crippen LogP contribution in [0.3, 0.4) is 0 Å². The van der Waals surface area contributed by atoms with Crippen LogP contribution in [0.5, 0.6) is 5.75 Å². The van der Waals surface area contributed by atoms with Gasteiger partial charge in [0.1, 0.15) is 5.75 Å². The van der Waals surface area contributed by atoms with Gasteiger partial charge >= 0.3 is 5.97 Å². The summed E-state index contributed by atoms with van der Waals surface area (Å²) in [5.41, 5.74) is 1.61. The maximum atomic E-state index is 12.8. The fourth-order valence-electron chi connectivity index (χ4n) is 2.95. The van der Waals surface area contributed by atoms with Gasteiger partial charge in [-0.05, 0) is 25.1 Å². The van der Waals surface area contributed by atoms with E-state index in [-0.39, 0.29) is 5.56 Å². The van der Waals surface area contributed by atoms with Crippen LogP contribution in [-0.2, 0) is 11.8 Å². The highest BCUT2D eigenvalue weighted by Crippen LogP contribution is 2.40. The molecule has 0 amide bonds. The van der Waals surface area contributed by atoms with E-state index >= 15 is 0 Å². The Hall–Kier alpha value is -1.83. The number of pyridine rings is 1. The molecule has 142 valence electrons. The molecule has 0 aliphatic carbocycles. The number of thiophene rings is 1. The molecular formula is C19H17BrClNO4S. The molecule has 8 heteroatoms. The van der Waals surface area contributed by atoms with Crippen LogP contribution in [0.25, 0.3) is 21.2 Å². The molecule has 27 heavy (non-hydrogen) atoms. The molecule has 0 saturated carbocycles. The SMILES string of the molecule is COC(=O)c1c(C)sc2c(-c3cc(Cl)ccc3OCCBr)cn(C)c(=O)c12. The lowest BCUT2D eigenvalue weighted by atomic mass is 10.0. The summed E-state index contributed by atoms with van der Waals surface area (Å²) in [6, 6.07) is 5.36. The van der Waals surface area contributed by atoms with Crippen LogP contribution in [0.15, 0.2) is 29.2 Å². The van der Waals surface area contributed by atoms with E-state index in [9.17, 15) is 9.59 Å². The average molecular weight is 471 g/mol. The van der Waals surface area contributed by atoms with Crippen molar-refractivity contribution in [3.8, 4) is 16.9 Å². The van der Waals surface area contributed by atoms with E-state index in [0.717, 1.165) is 16.0 Å². The summed E-state index contributed by atoms with van der Waals surface area (Å²) in [7, 11) is 2.96. The van der Waals surface area contributed by atoms with Crippen molar-refractivity contribution in [2.24, 2.45) is 7.05 Å². The molecule has 2 aromatic heterocycles. The molecular weight excluding hydrogens is 454 g/mol. The predicted octanol–water partition coefficient (Wildman–Crippen LogP) is 4.79. The number of halogens is 2. The molecule has 3 rings (SSSR count). The molecule has 0 bridgehead atoms. The number of fused-ring (bicyclic) bond motifs is 1. The van der Waals surface area contributed by atoms with Gasteiger partial charge in [-0.1, -0.05) is 27.5 Å². The number of esters is 1. The monoisotopic (exact) mass is 469 g/mol. The first-order chi connectivity index (χ1) is 12.9. The first-order valence-corrected chi connectivity index (χ1v) is 10.4. The lowest BCUT2D eigenvalue weighted by Crippen LogP contribution is -2.18. The van der Waals surface area contributed by atoms with Gasteiger partial charge in [0, 0.05) is 39.6 Å². The maximum Gasteiger partial charge on any atom is 0.339 e. The van der Waals surface area contributed by atoms with E-state index in [1.807, 2.05) is 0 Å². The van der Waals surface area contributed by atoms with Crippen LogP contribution >= 0.6 is 38.9 Å². The second-order valence-electron chi connectivity index (χ2n) is 5.87. The molecule has 0 spiro atoms. The number of rotatable bonds is 5. The Labute approximate surface area is 173 Å². The zero-order valence-corrected chi connectivity index (χ0v) is 18.1. The van der Waals surface area contributed by atoms with Crippen molar-refractivity contribution >= 4 is 54.9 Å². The standard InChI is InChI=1S/C19H17BrClNO4S/c1-10-15(19(24)25-3)16-17(27-10)13(9-22(2)18(16)23)12-8-11(21)4-5-14(12)26-7-6-20/h4-5,8-9H,6-7H2,1-3H3. The van der Waals surface area contributed by atoms with E-state index in [1.54, 1.807) is 38.4 Å². The Kier molecular flexibility index (Phi) is 5.93. The Morgan fingerprint density at radius 3 is 2.74 bits per heavy atom. The minimum absolute atomic E-state index is 0.247. The first-order valence-electron chi connectivity index (χ1n) is 8.08. The number of methoxy groups -OCH3 is 1. The minimum Gasteiger partial charge on any atom is -0.492 e. The Balaban J connectivity index is 2.38. The zero-order valence-electron chi connectivity index (χ0n) is 15.0. The van der Waals surface area contributed by atoms with Crippen LogP contribution in [-0.4, -0.2) is 29.6 Å². The number of carbonyl (C=O) groups excluding carboxylic acids is 1. The van der Waals surface area contributed by atoms with E-state index in [0.29, 0.717) is 38.4 Å². The van der Waals surface area contributed by atoms with Gasteiger partial charge in [0.25, 0.3) is 5.56 Å². The third-order valence-corrected chi connectivity index (χ3v) is 5.84. The Morgan fingerprint density at radius 2 is 2.07 bits per heavy atom. The van der Waals surface area contributed by atoms with E-state index < -0.39 is 5.97 Å². The summed E-state index contributed by atoms with van der Waals surface area (Å²) in [6.45, 7) is 2.29. The second kappa shape index (κ2) is 8.04. The number of aryl methyl sites for hydroxylation is 2. The minimum atomic E-state index is -0.519. The van der Waals surface area contributed by atoms with Gasteiger partial charge in [-0.2, -0.15) is 0 Å². The van der Waals surface area contributed by atoms with E-state index in [1.165, 1.54) is 23.0 Å². The normalized spacial score (nSPS) is 11.0. The van der Waals surface area contributed by atoms with Crippen molar-refractivity contribution in [3.05, 3.63) is 50.2 Å². The van der Waals surface area contributed by atoms with Gasteiger partial charge in [-0.25, -0.2) is 4.79 Å². The van der Waals surface area contributed by atoms with Gasteiger partial charge in [-0.3, -0.25) is 4.79 Å². The van der Waals surface area contributed by atoms with Gasteiger partial charge in [0.15, 0.2) is 0 Å². The molecule has 3 aromatic rings. The summed E-state index contributed by atoms with van der Waals surface area (Å²) >= 11 is 11.0. The van der Waals surface area contributed by atoms with Crippen LogP contribution < -0.4 is 10.3 Å². The number of benzene rings is 1. The second-order valence-corrected chi connectivity index (χ2v) is 8.32. The highest BCUT2D eigenvalue weighted by molar-refractivity contribution is 9.09. The first kappa shape index (κ1) is 19.9. The van der Waals surface area contributed by atoms with Gasteiger partial charge in [-0.15, -0.1) is 11.3 Å². The molecule has 0 radical (unpaired) electrons. The average Bonchev–Trinajstić information content (AvgIpc) is 3.00. The van der Waals surface area contributed by atoms with Crippen LogP contribution in [0, 0.1) is 6.92 Å². The number of alkyl halides is 1. The van der Waals surface area contributed by atoms with Crippen molar-refractivity contribution in [1.82, 2.24) is 4.57 Å². The smallest absolute Gasteiger partial charge is 0.339 e. The number of hydrogen-bond donors (Lipinski definition) is 0. The van der Waals surface area contributed by atoms with Crippen LogP contribution in [0.1, 0.15) is 15.2 Å². The number of hydrogen-bond acceptors (Lipinski definition) is 5. The quantitative estimate of drug-likeness (QED) is 0.397. The molecule has 0 unspecified atom stereocenters. The summed E-state index contributed by atoms with van der Waals surface area (Å²) < 4.78 is 12.9. The summed E-state index contributed by atoms with van der Waals surface area (Å²) in [4.78, 5) is 25.8. The van der Waals surface area contributed by atoms with E-state index in [2.05, 4.69) is 15.9 Å². The van der Waals surface area contributed by atoms with Crippen molar-refractivity contribution < 1.29 is 14.3 Å². The van der Waals surface area contributed by atoms with E-state index in [4.69, 9.17) is 21.1 Å². The molecule has 0 saturated heterocycles. The summed E-state index contributed by atoms with van der Waals surface area (Å²) in [5.74, 6) is 0.138. The zero-order chi connectivity index (χ0) is 19.7. The lowest BCUT2D eigenvalue weighted by Gasteiger charge is -2.13. The molecule has 1 aromatic carbocycles. The molecule has 5 nitrogen and oxygen atoms in total. The lowest BCUT2D eigenvalue weighted by molar-refractivity contribution is 0.0602. The molecule has 0 atom stereocenters. The highest BCUT2D eigenvalue weighted by Gasteiger charge is 2.24.